The molecule has 0 aliphatic carbocycles. The fourth-order valence-corrected chi connectivity index (χ4v) is 4.28. The molecule has 0 aliphatic heterocycles. The highest BCUT2D eigenvalue weighted by Gasteiger charge is 2.19. The number of rotatable bonds is 10. The van der Waals surface area contributed by atoms with Gasteiger partial charge in [0.2, 0.25) is 0 Å². The van der Waals surface area contributed by atoms with E-state index in [4.69, 9.17) is 5.10 Å². The van der Waals surface area contributed by atoms with Gasteiger partial charge < -0.3 is 10.2 Å². The second-order valence-corrected chi connectivity index (χ2v) is 8.81. The number of aryl methyl sites for hydroxylation is 1. The zero-order chi connectivity index (χ0) is 21.5. The molecule has 1 atom stereocenters. The third-order valence-corrected chi connectivity index (χ3v) is 6.43. The minimum absolute atomic E-state index is 0.0754. The van der Waals surface area contributed by atoms with Crippen molar-refractivity contribution in [2.75, 3.05) is 19.6 Å². The highest BCUT2D eigenvalue weighted by Crippen LogP contribution is 2.26. The van der Waals surface area contributed by atoms with Crippen LogP contribution >= 0.6 is 11.3 Å². The normalized spacial score (nSPS) is 12.3. The number of amides is 1. The van der Waals surface area contributed by atoms with Gasteiger partial charge in [0.25, 0.3) is 5.91 Å². The summed E-state index contributed by atoms with van der Waals surface area (Å²) in [6, 6.07) is 14.2. The number of benzene rings is 1. The van der Waals surface area contributed by atoms with Crippen LogP contribution in [0.25, 0.3) is 16.3 Å². The standard InChI is InChI=1S/C24H32N4OS/c1-5-27(6-2)15-7-9-19(4)25-24(29)22-17-21(23-10-8-16-30-23)26-28(22)20-13-11-18(3)12-14-20/h8,10-14,16-17,19H,5-7,9,15H2,1-4H3,(H,25,29)/p+1/t19-/m0/s1. The predicted octanol–water partition coefficient (Wildman–Crippen LogP) is 3.73. The van der Waals surface area contributed by atoms with Gasteiger partial charge in [-0.05, 0) is 70.2 Å². The SMILES string of the molecule is CC[NH+](CC)CCC[C@H](C)NC(=O)c1cc(-c2cccs2)nn1-c1ccc(C)cc1. The zero-order valence-electron chi connectivity index (χ0n) is 18.4. The molecular weight excluding hydrogens is 392 g/mol. The van der Waals surface area contributed by atoms with E-state index in [1.807, 2.05) is 47.8 Å². The van der Waals surface area contributed by atoms with Crippen LogP contribution in [0.15, 0.2) is 47.8 Å². The Morgan fingerprint density at radius 1 is 1.20 bits per heavy atom. The van der Waals surface area contributed by atoms with E-state index in [1.54, 1.807) is 20.9 Å². The van der Waals surface area contributed by atoms with Gasteiger partial charge in [-0.15, -0.1) is 11.3 Å². The second kappa shape index (κ2) is 10.5. The number of aromatic nitrogens is 2. The van der Waals surface area contributed by atoms with Gasteiger partial charge in [0.05, 0.1) is 30.2 Å². The predicted molar refractivity (Wildman–Crippen MR) is 125 cm³/mol. The average Bonchev–Trinajstić information content (AvgIpc) is 3.41. The summed E-state index contributed by atoms with van der Waals surface area (Å²) in [5, 5.41) is 9.96. The van der Waals surface area contributed by atoms with E-state index < -0.39 is 0 Å². The van der Waals surface area contributed by atoms with Crippen molar-refractivity contribution < 1.29 is 9.69 Å². The van der Waals surface area contributed by atoms with E-state index in [2.05, 4.69) is 33.0 Å². The van der Waals surface area contributed by atoms with E-state index in [0.29, 0.717) is 5.69 Å². The highest BCUT2D eigenvalue weighted by molar-refractivity contribution is 7.13. The molecule has 0 spiro atoms. The van der Waals surface area contributed by atoms with E-state index in [0.717, 1.165) is 48.7 Å². The fourth-order valence-electron chi connectivity index (χ4n) is 3.60. The van der Waals surface area contributed by atoms with Crippen molar-refractivity contribution in [1.29, 1.82) is 0 Å². The molecule has 0 bridgehead atoms. The topological polar surface area (TPSA) is 51.4 Å². The lowest BCUT2D eigenvalue weighted by atomic mass is 10.1. The lowest BCUT2D eigenvalue weighted by Crippen LogP contribution is -3.11. The van der Waals surface area contributed by atoms with Crippen LogP contribution in [0.1, 0.15) is 49.7 Å². The van der Waals surface area contributed by atoms with Crippen LogP contribution in [0.2, 0.25) is 0 Å². The Kier molecular flexibility index (Phi) is 7.82. The van der Waals surface area contributed by atoms with Gasteiger partial charge in [-0.3, -0.25) is 4.79 Å². The first-order chi connectivity index (χ1) is 14.5. The molecule has 0 unspecified atom stereocenters. The van der Waals surface area contributed by atoms with Crippen molar-refractivity contribution in [3.63, 3.8) is 0 Å². The van der Waals surface area contributed by atoms with Gasteiger partial charge in [-0.2, -0.15) is 5.10 Å². The van der Waals surface area contributed by atoms with Gasteiger partial charge in [-0.25, -0.2) is 4.68 Å². The maximum absolute atomic E-state index is 13.1. The molecular formula is C24H33N4OS+. The van der Waals surface area contributed by atoms with Crippen molar-refractivity contribution in [3.8, 4) is 16.3 Å². The molecule has 0 aliphatic rings. The van der Waals surface area contributed by atoms with Gasteiger partial charge in [0.15, 0.2) is 0 Å². The van der Waals surface area contributed by atoms with Crippen LogP contribution in [0.3, 0.4) is 0 Å². The van der Waals surface area contributed by atoms with E-state index in [-0.39, 0.29) is 11.9 Å². The summed E-state index contributed by atoms with van der Waals surface area (Å²) >= 11 is 1.63. The van der Waals surface area contributed by atoms with Crippen molar-refractivity contribution in [2.45, 2.75) is 46.6 Å². The number of carbonyl (C=O) groups excluding carboxylic acids is 1. The average molecular weight is 426 g/mol. The van der Waals surface area contributed by atoms with Crippen molar-refractivity contribution in [2.24, 2.45) is 0 Å². The van der Waals surface area contributed by atoms with Crippen LogP contribution < -0.4 is 10.2 Å². The molecule has 3 aromatic rings. The summed E-state index contributed by atoms with van der Waals surface area (Å²) in [6.45, 7) is 12.0. The third-order valence-electron chi connectivity index (χ3n) is 5.54. The zero-order valence-corrected chi connectivity index (χ0v) is 19.3. The summed E-state index contributed by atoms with van der Waals surface area (Å²) in [4.78, 5) is 15.8. The molecule has 0 saturated carbocycles. The molecule has 0 saturated heterocycles. The molecule has 5 nitrogen and oxygen atoms in total. The molecule has 6 heteroatoms. The maximum atomic E-state index is 13.1. The number of carbonyl (C=O) groups is 1. The molecule has 1 aromatic carbocycles. The van der Waals surface area contributed by atoms with Crippen LogP contribution in [0.4, 0.5) is 0 Å². The Bertz CT molecular complexity index is 927. The number of thiophene rings is 1. The van der Waals surface area contributed by atoms with Gasteiger partial charge in [0, 0.05) is 6.04 Å². The summed E-state index contributed by atoms with van der Waals surface area (Å²) in [5.74, 6) is -0.0754. The summed E-state index contributed by atoms with van der Waals surface area (Å²) in [6.07, 6.45) is 2.09. The molecule has 0 fully saturated rings. The minimum atomic E-state index is -0.0754. The molecule has 3 rings (SSSR count). The number of hydrogen-bond donors (Lipinski definition) is 2. The second-order valence-electron chi connectivity index (χ2n) is 7.86. The van der Waals surface area contributed by atoms with Gasteiger partial charge in [0.1, 0.15) is 11.4 Å². The number of quaternary nitrogens is 1. The third kappa shape index (κ3) is 5.58. The first-order valence-corrected chi connectivity index (χ1v) is 11.7. The number of nitrogens with one attached hydrogen (secondary N) is 2. The number of hydrogen-bond acceptors (Lipinski definition) is 3. The Labute approximate surface area is 183 Å². The Balaban J connectivity index is 1.76. The van der Waals surface area contributed by atoms with Crippen molar-refractivity contribution >= 4 is 17.2 Å². The van der Waals surface area contributed by atoms with Crippen LogP contribution in [0, 0.1) is 6.92 Å². The van der Waals surface area contributed by atoms with Crippen molar-refractivity contribution in [1.82, 2.24) is 15.1 Å². The maximum Gasteiger partial charge on any atom is 0.270 e. The minimum Gasteiger partial charge on any atom is -0.348 e. The molecule has 30 heavy (non-hydrogen) atoms. The fraction of sp³-hybridized carbons (Fsp3) is 0.417. The lowest BCUT2D eigenvalue weighted by molar-refractivity contribution is -0.896. The molecule has 2 aromatic heterocycles. The Hall–Kier alpha value is -2.44. The van der Waals surface area contributed by atoms with Gasteiger partial charge in [-0.1, -0.05) is 23.8 Å². The molecule has 160 valence electrons. The monoisotopic (exact) mass is 425 g/mol. The van der Waals surface area contributed by atoms with Crippen LogP contribution in [0.5, 0.6) is 0 Å². The van der Waals surface area contributed by atoms with E-state index in [1.165, 1.54) is 5.56 Å². The van der Waals surface area contributed by atoms with Crippen molar-refractivity contribution in [3.05, 3.63) is 59.1 Å². The van der Waals surface area contributed by atoms with E-state index >= 15 is 0 Å². The first kappa shape index (κ1) is 22.2. The first-order valence-electron chi connectivity index (χ1n) is 10.9. The lowest BCUT2D eigenvalue weighted by Gasteiger charge is -2.18. The van der Waals surface area contributed by atoms with E-state index in [9.17, 15) is 4.79 Å². The molecule has 2 N–H and O–H groups in total. The number of nitrogens with zero attached hydrogens (tertiary/aromatic N) is 2. The van der Waals surface area contributed by atoms with Gasteiger partial charge >= 0.3 is 0 Å². The summed E-state index contributed by atoms with van der Waals surface area (Å²) in [7, 11) is 0. The smallest absolute Gasteiger partial charge is 0.270 e. The molecule has 0 radical (unpaired) electrons. The Morgan fingerprint density at radius 2 is 1.93 bits per heavy atom. The molecule has 1 amide bonds. The molecule has 2 heterocycles. The Morgan fingerprint density at radius 3 is 2.57 bits per heavy atom. The summed E-state index contributed by atoms with van der Waals surface area (Å²) < 4.78 is 1.76. The van der Waals surface area contributed by atoms with Crippen LogP contribution in [-0.4, -0.2) is 41.4 Å². The highest BCUT2D eigenvalue weighted by atomic mass is 32.1. The van der Waals surface area contributed by atoms with Crippen LogP contribution in [-0.2, 0) is 0 Å². The quantitative estimate of drug-likeness (QED) is 0.520. The largest absolute Gasteiger partial charge is 0.348 e. The summed E-state index contributed by atoms with van der Waals surface area (Å²) in [5.41, 5.74) is 3.47.